The van der Waals surface area contributed by atoms with Crippen LogP contribution < -0.4 is 0 Å². The zero-order chi connectivity index (χ0) is 13.1. The van der Waals surface area contributed by atoms with E-state index in [0.29, 0.717) is 12.0 Å². The first kappa shape index (κ1) is 12.0. The van der Waals surface area contributed by atoms with Crippen molar-refractivity contribution in [2.24, 2.45) is 5.92 Å². The number of halogens is 1. The van der Waals surface area contributed by atoms with Crippen LogP contribution in [-0.4, -0.2) is 28.5 Å². The van der Waals surface area contributed by atoms with Gasteiger partial charge in [-0.3, -0.25) is 4.79 Å². The van der Waals surface area contributed by atoms with Crippen molar-refractivity contribution in [3.8, 4) is 0 Å². The summed E-state index contributed by atoms with van der Waals surface area (Å²) in [5.41, 5.74) is -0.439. The summed E-state index contributed by atoms with van der Waals surface area (Å²) in [6.07, 6.45) is 3.66. The topological polar surface area (TPSA) is 52.6 Å². The summed E-state index contributed by atoms with van der Waals surface area (Å²) in [6, 6.07) is 0. The highest BCUT2D eigenvalue weighted by atomic mass is 35.5. The molecular formula is C13H15ClO4. The van der Waals surface area contributed by atoms with Crippen molar-refractivity contribution >= 4 is 23.5 Å². The number of rotatable bonds is 1. The van der Waals surface area contributed by atoms with E-state index in [-0.39, 0.29) is 18.0 Å². The summed E-state index contributed by atoms with van der Waals surface area (Å²) in [5, 5.41) is 0. The molecule has 4 atom stereocenters. The Hall–Kier alpha value is -1.03. The second kappa shape index (κ2) is 3.50. The molecule has 0 radical (unpaired) electrons. The standard InChI is InChI=1S/C13H15ClO4/c1-7(15)18-13-8-3-4-10(13)17-11(16)9(13)6-12(2,14)5-8/h6,8,10H,3-5H2,1-2H3/t8-,10-,12+,13+/m1/s1. The van der Waals surface area contributed by atoms with Gasteiger partial charge in [-0.15, -0.1) is 11.6 Å². The van der Waals surface area contributed by atoms with Crippen molar-refractivity contribution in [2.45, 2.75) is 49.7 Å². The number of carbonyl (C=O) groups is 2. The Morgan fingerprint density at radius 1 is 1.56 bits per heavy atom. The van der Waals surface area contributed by atoms with Crippen LogP contribution in [0.4, 0.5) is 0 Å². The van der Waals surface area contributed by atoms with Gasteiger partial charge in [-0.2, -0.15) is 0 Å². The summed E-state index contributed by atoms with van der Waals surface area (Å²) < 4.78 is 10.9. The van der Waals surface area contributed by atoms with Crippen molar-refractivity contribution in [1.29, 1.82) is 0 Å². The van der Waals surface area contributed by atoms with E-state index in [9.17, 15) is 9.59 Å². The summed E-state index contributed by atoms with van der Waals surface area (Å²) in [5.74, 6) is -0.702. The molecule has 5 heteroatoms. The van der Waals surface area contributed by atoms with Crippen LogP contribution in [0.5, 0.6) is 0 Å². The fourth-order valence-electron chi connectivity index (χ4n) is 3.65. The van der Waals surface area contributed by atoms with Gasteiger partial charge in [0.2, 0.25) is 0 Å². The first-order chi connectivity index (χ1) is 8.35. The third-order valence-corrected chi connectivity index (χ3v) is 4.42. The minimum atomic E-state index is -0.878. The molecule has 98 valence electrons. The molecule has 0 amide bonds. The molecule has 3 rings (SSSR count). The van der Waals surface area contributed by atoms with Crippen LogP contribution >= 0.6 is 11.6 Å². The molecule has 2 aliphatic carbocycles. The Morgan fingerprint density at radius 3 is 2.94 bits per heavy atom. The lowest BCUT2D eigenvalue weighted by molar-refractivity contribution is -0.164. The predicted octanol–water partition coefficient (Wildman–Crippen LogP) is 1.95. The van der Waals surface area contributed by atoms with Gasteiger partial charge in [0.1, 0.15) is 6.10 Å². The molecule has 0 aromatic carbocycles. The smallest absolute Gasteiger partial charge is 0.338 e. The molecule has 1 heterocycles. The molecule has 0 N–H and O–H groups in total. The maximum Gasteiger partial charge on any atom is 0.338 e. The Labute approximate surface area is 110 Å². The van der Waals surface area contributed by atoms with Crippen molar-refractivity contribution < 1.29 is 19.1 Å². The Bertz CT molecular complexity index is 468. The van der Waals surface area contributed by atoms with Crippen molar-refractivity contribution in [3.63, 3.8) is 0 Å². The van der Waals surface area contributed by atoms with Crippen LogP contribution in [-0.2, 0) is 19.1 Å². The molecule has 1 saturated carbocycles. The minimum Gasteiger partial charge on any atom is -0.454 e. The number of hydrogen-bond donors (Lipinski definition) is 0. The fraction of sp³-hybridized carbons (Fsp3) is 0.692. The van der Waals surface area contributed by atoms with Gasteiger partial charge in [0, 0.05) is 12.8 Å². The molecule has 4 nitrogen and oxygen atoms in total. The maximum atomic E-state index is 11.9. The lowest BCUT2D eigenvalue weighted by Gasteiger charge is -2.40. The van der Waals surface area contributed by atoms with Crippen molar-refractivity contribution in [3.05, 3.63) is 11.6 Å². The van der Waals surface area contributed by atoms with Gasteiger partial charge in [-0.1, -0.05) is 0 Å². The van der Waals surface area contributed by atoms with E-state index in [1.54, 1.807) is 6.08 Å². The van der Waals surface area contributed by atoms with E-state index in [4.69, 9.17) is 21.1 Å². The summed E-state index contributed by atoms with van der Waals surface area (Å²) in [7, 11) is 0. The first-order valence-electron chi connectivity index (χ1n) is 6.18. The molecule has 18 heavy (non-hydrogen) atoms. The zero-order valence-electron chi connectivity index (χ0n) is 10.4. The Kier molecular flexibility index (Phi) is 2.34. The highest BCUT2D eigenvalue weighted by Crippen LogP contribution is 2.57. The summed E-state index contributed by atoms with van der Waals surface area (Å²) >= 11 is 6.37. The van der Waals surface area contributed by atoms with Gasteiger partial charge >= 0.3 is 11.9 Å². The fourth-order valence-corrected chi connectivity index (χ4v) is 3.94. The van der Waals surface area contributed by atoms with Gasteiger partial charge in [0.15, 0.2) is 5.60 Å². The largest absolute Gasteiger partial charge is 0.454 e. The number of alkyl halides is 1. The lowest BCUT2D eigenvalue weighted by Crippen LogP contribution is -2.50. The highest BCUT2D eigenvalue weighted by Gasteiger charge is 2.66. The molecular weight excluding hydrogens is 256 g/mol. The van der Waals surface area contributed by atoms with Crippen molar-refractivity contribution in [1.82, 2.24) is 0 Å². The van der Waals surface area contributed by atoms with E-state index in [1.165, 1.54) is 6.92 Å². The van der Waals surface area contributed by atoms with E-state index >= 15 is 0 Å². The monoisotopic (exact) mass is 270 g/mol. The van der Waals surface area contributed by atoms with Crippen LogP contribution in [0.15, 0.2) is 11.6 Å². The van der Waals surface area contributed by atoms with Crippen LogP contribution in [0.2, 0.25) is 0 Å². The van der Waals surface area contributed by atoms with Crippen molar-refractivity contribution in [2.75, 3.05) is 0 Å². The van der Waals surface area contributed by atoms with Gasteiger partial charge in [-0.05, 0) is 32.3 Å². The first-order valence-corrected chi connectivity index (χ1v) is 6.56. The summed E-state index contributed by atoms with van der Waals surface area (Å²) in [6.45, 7) is 3.24. The summed E-state index contributed by atoms with van der Waals surface area (Å²) in [4.78, 5) is 22.8. The number of hydrogen-bond acceptors (Lipinski definition) is 4. The van der Waals surface area contributed by atoms with Crippen LogP contribution in [0.25, 0.3) is 0 Å². The number of ether oxygens (including phenoxy) is 2. The number of carbonyl (C=O) groups excluding carboxylic acids is 2. The zero-order valence-corrected chi connectivity index (χ0v) is 11.1. The Balaban J connectivity index is 2.14. The van der Waals surface area contributed by atoms with Crippen LogP contribution in [0.3, 0.4) is 0 Å². The Morgan fingerprint density at radius 2 is 2.28 bits per heavy atom. The molecule has 0 aromatic heterocycles. The molecule has 3 aliphatic rings. The SMILES string of the molecule is CC(=O)O[C@]12C3=C[C@@](C)(Cl)C[C@H]1CC[C@H]2OC3=O. The van der Waals surface area contributed by atoms with Gasteiger partial charge in [0.05, 0.1) is 10.4 Å². The second-order valence-corrected chi connectivity index (χ2v) is 6.46. The molecule has 0 unspecified atom stereocenters. The predicted molar refractivity (Wildman–Crippen MR) is 64.1 cm³/mol. The highest BCUT2D eigenvalue weighted by molar-refractivity contribution is 6.25. The van der Waals surface area contributed by atoms with Gasteiger partial charge in [-0.25, -0.2) is 4.79 Å². The minimum absolute atomic E-state index is 0.0698. The average molecular weight is 271 g/mol. The second-order valence-electron chi connectivity index (χ2n) is 5.60. The molecule has 1 aliphatic heterocycles. The molecule has 0 aromatic rings. The van der Waals surface area contributed by atoms with Crippen LogP contribution in [0.1, 0.15) is 33.1 Å². The average Bonchev–Trinajstić information content (AvgIpc) is 2.66. The molecule has 0 bridgehead atoms. The van der Waals surface area contributed by atoms with E-state index in [1.807, 2.05) is 6.92 Å². The van der Waals surface area contributed by atoms with E-state index in [0.717, 1.165) is 12.8 Å². The van der Waals surface area contributed by atoms with Gasteiger partial charge in [0.25, 0.3) is 0 Å². The van der Waals surface area contributed by atoms with E-state index < -0.39 is 16.4 Å². The number of esters is 2. The molecule has 2 fully saturated rings. The number of allylic oxidation sites excluding steroid dienone is 1. The molecule has 1 saturated heterocycles. The quantitative estimate of drug-likeness (QED) is 0.540. The lowest BCUT2D eigenvalue weighted by atomic mass is 9.73. The molecule has 0 spiro atoms. The third-order valence-electron chi connectivity index (χ3n) is 4.16. The van der Waals surface area contributed by atoms with Crippen LogP contribution in [0, 0.1) is 5.92 Å². The normalized spacial score (nSPS) is 45.3. The maximum absolute atomic E-state index is 11.9. The van der Waals surface area contributed by atoms with Gasteiger partial charge < -0.3 is 9.47 Å². The third kappa shape index (κ3) is 1.44. The van der Waals surface area contributed by atoms with E-state index in [2.05, 4.69) is 0 Å².